The van der Waals surface area contributed by atoms with Crippen molar-refractivity contribution in [3.05, 3.63) is 0 Å². The predicted octanol–water partition coefficient (Wildman–Crippen LogP) is 1.84. The molecule has 1 fully saturated rings. The summed E-state index contributed by atoms with van der Waals surface area (Å²) >= 11 is 1.17. The molecule has 1 aliphatic carbocycles. The molecule has 1 rings (SSSR count). The Labute approximate surface area is 107 Å². The first kappa shape index (κ1) is 14.4. The fraction of sp³-hybridized carbons (Fsp3) is 0.833. The molecule has 0 unspecified atom stereocenters. The van der Waals surface area contributed by atoms with Gasteiger partial charge in [0.25, 0.3) is 0 Å². The summed E-state index contributed by atoms with van der Waals surface area (Å²) in [6, 6.07) is 0.351. The summed E-state index contributed by atoms with van der Waals surface area (Å²) in [6.07, 6.45) is 4.52. The van der Waals surface area contributed by atoms with E-state index in [0.29, 0.717) is 6.04 Å². The molecule has 0 aromatic carbocycles. The zero-order valence-corrected chi connectivity index (χ0v) is 11.3. The largest absolute Gasteiger partial charge is 0.481 e. The van der Waals surface area contributed by atoms with E-state index in [-0.39, 0.29) is 17.4 Å². The molecule has 1 amide bonds. The zero-order chi connectivity index (χ0) is 12.8. The molecule has 0 spiro atoms. The minimum Gasteiger partial charge on any atom is -0.481 e. The van der Waals surface area contributed by atoms with Crippen LogP contribution in [0.1, 0.15) is 32.6 Å². The second-order valence-electron chi connectivity index (χ2n) is 4.80. The molecule has 98 valence electrons. The Balaban J connectivity index is 2.28. The lowest BCUT2D eigenvalue weighted by atomic mass is 9.87. The minimum atomic E-state index is -0.864. The maximum atomic E-state index is 11.8. The molecule has 17 heavy (non-hydrogen) atoms. The van der Waals surface area contributed by atoms with E-state index in [1.165, 1.54) is 24.6 Å². The molecule has 0 aromatic heterocycles. The van der Waals surface area contributed by atoms with Crippen LogP contribution in [0.3, 0.4) is 0 Å². The Bertz CT molecular complexity index is 275. The number of carbonyl (C=O) groups is 2. The van der Waals surface area contributed by atoms with Gasteiger partial charge in [0.1, 0.15) is 0 Å². The Hall–Kier alpha value is -0.710. The van der Waals surface area contributed by atoms with Gasteiger partial charge in [0.05, 0.1) is 11.5 Å². The van der Waals surface area contributed by atoms with Gasteiger partial charge in [-0.05, 0) is 31.6 Å². The van der Waals surface area contributed by atoms with Crippen LogP contribution in [-0.4, -0.2) is 46.5 Å². The molecule has 1 saturated carbocycles. The van der Waals surface area contributed by atoms with Crippen molar-refractivity contribution in [1.82, 2.24) is 4.90 Å². The summed E-state index contributed by atoms with van der Waals surface area (Å²) in [6.45, 7) is 2.25. The number of rotatable bonds is 5. The first-order valence-corrected chi connectivity index (χ1v) is 7.21. The summed E-state index contributed by atoms with van der Waals surface area (Å²) in [5, 5.41) is 8.50. The number of aliphatic carboxylic acids is 1. The highest BCUT2D eigenvalue weighted by atomic mass is 32.2. The van der Waals surface area contributed by atoms with E-state index in [0.717, 1.165) is 18.8 Å². The molecule has 1 aliphatic rings. The lowest BCUT2D eigenvalue weighted by Gasteiger charge is -2.33. The maximum Gasteiger partial charge on any atom is 0.313 e. The Morgan fingerprint density at radius 2 is 1.82 bits per heavy atom. The number of thioether (sulfide) groups is 1. The van der Waals surface area contributed by atoms with Crippen LogP contribution in [0.4, 0.5) is 0 Å². The number of carboxylic acid groups (broad SMARTS) is 1. The molecule has 0 heterocycles. The molecule has 0 radical (unpaired) electrons. The topological polar surface area (TPSA) is 57.6 Å². The number of amides is 1. The molecular formula is C12H21NO3S. The van der Waals surface area contributed by atoms with Crippen molar-refractivity contribution >= 4 is 23.6 Å². The summed E-state index contributed by atoms with van der Waals surface area (Å²) in [7, 11) is 1.84. The van der Waals surface area contributed by atoms with Crippen LogP contribution in [-0.2, 0) is 9.59 Å². The zero-order valence-electron chi connectivity index (χ0n) is 10.5. The lowest BCUT2D eigenvalue weighted by molar-refractivity contribution is -0.133. The van der Waals surface area contributed by atoms with Crippen molar-refractivity contribution in [1.29, 1.82) is 0 Å². The van der Waals surface area contributed by atoms with E-state index in [9.17, 15) is 9.59 Å². The minimum absolute atomic E-state index is 0.00127. The number of hydrogen-bond donors (Lipinski definition) is 1. The maximum absolute atomic E-state index is 11.8. The van der Waals surface area contributed by atoms with Gasteiger partial charge in [-0.25, -0.2) is 0 Å². The molecule has 4 nitrogen and oxygen atoms in total. The Kier molecular flexibility index (Phi) is 5.82. The Morgan fingerprint density at radius 3 is 2.35 bits per heavy atom. The summed E-state index contributed by atoms with van der Waals surface area (Å²) < 4.78 is 0. The van der Waals surface area contributed by atoms with Gasteiger partial charge in [-0.15, -0.1) is 11.8 Å². The van der Waals surface area contributed by atoms with Crippen molar-refractivity contribution in [3.8, 4) is 0 Å². The SMILES string of the molecule is CC1CCC(N(C)C(=O)CSCC(=O)O)CC1. The molecule has 0 atom stereocenters. The van der Waals surface area contributed by atoms with E-state index in [1.54, 1.807) is 4.90 Å². The van der Waals surface area contributed by atoms with Gasteiger partial charge < -0.3 is 10.0 Å². The molecule has 0 bridgehead atoms. The normalized spacial score (nSPS) is 24.4. The Morgan fingerprint density at radius 1 is 1.24 bits per heavy atom. The highest BCUT2D eigenvalue weighted by Gasteiger charge is 2.24. The third kappa shape index (κ3) is 4.98. The van der Waals surface area contributed by atoms with Gasteiger partial charge in [0.15, 0.2) is 0 Å². The molecule has 1 N–H and O–H groups in total. The fourth-order valence-electron chi connectivity index (χ4n) is 2.16. The summed E-state index contributed by atoms with van der Waals surface area (Å²) in [5.41, 5.74) is 0. The fourth-order valence-corrected chi connectivity index (χ4v) is 2.82. The molecule has 0 saturated heterocycles. The van der Waals surface area contributed by atoms with Crippen molar-refractivity contribution in [3.63, 3.8) is 0 Å². The summed E-state index contributed by atoms with van der Waals surface area (Å²) in [5.74, 6) is 0.236. The first-order chi connectivity index (χ1) is 8.00. The van der Waals surface area contributed by atoms with Crippen LogP contribution in [0.5, 0.6) is 0 Å². The van der Waals surface area contributed by atoms with Crippen LogP contribution >= 0.6 is 11.8 Å². The van der Waals surface area contributed by atoms with Crippen LogP contribution < -0.4 is 0 Å². The predicted molar refractivity (Wildman–Crippen MR) is 69.2 cm³/mol. The van der Waals surface area contributed by atoms with Gasteiger partial charge in [0.2, 0.25) is 5.91 Å². The van der Waals surface area contributed by atoms with E-state index < -0.39 is 5.97 Å². The van der Waals surface area contributed by atoms with E-state index >= 15 is 0 Å². The monoisotopic (exact) mass is 259 g/mol. The van der Waals surface area contributed by atoms with Crippen molar-refractivity contribution in [2.75, 3.05) is 18.6 Å². The van der Waals surface area contributed by atoms with Gasteiger partial charge >= 0.3 is 5.97 Å². The van der Waals surface area contributed by atoms with Crippen molar-refractivity contribution < 1.29 is 14.7 Å². The third-order valence-electron chi connectivity index (χ3n) is 3.38. The van der Waals surface area contributed by atoms with Gasteiger partial charge in [-0.1, -0.05) is 6.92 Å². The molecule has 5 heteroatoms. The van der Waals surface area contributed by atoms with E-state index in [4.69, 9.17) is 5.11 Å². The number of hydrogen-bond acceptors (Lipinski definition) is 3. The van der Waals surface area contributed by atoms with Gasteiger partial charge in [-0.2, -0.15) is 0 Å². The molecule has 0 aromatic rings. The lowest BCUT2D eigenvalue weighted by Crippen LogP contribution is -2.40. The van der Waals surface area contributed by atoms with Crippen molar-refractivity contribution in [2.45, 2.75) is 38.6 Å². The quantitative estimate of drug-likeness (QED) is 0.818. The van der Waals surface area contributed by atoms with Crippen LogP contribution in [0, 0.1) is 5.92 Å². The summed E-state index contributed by atoms with van der Waals surface area (Å²) in [4.78, 5) is 24.0. The smallest absolute Gasteiger partial charge is 0.313 e. The van der Waals surface area contributed by atoms with Crippen molar-refractivity contribution in [2.24, 2.45) is 5.92 Å². The second kappa shape index (κ2) is 6.89. The average Bonchev–Trinajstić information content (AvgIpc) is 2.28. The van der Waals surface area contributed by atoms with Crippen LogP contribution in [0.25, 0.3) is 0 Å². The third-order valence-corrected chi connectivity index (χ3v) is 4.28. The number of nitrogens with zero attached hydrogens (tertiary/aromatic N) is 1. The van der Waals surface area contributed by atoms with Crippen LogP contribution in [0.2, 0.25) is 0 Å². The van der Waals surface area contributed by atoms with E-state index in [2.05, 4.69) is 6.92 Å². The van der Waals surface area contributed by atoms with Gasteiger partial charge in [-0.3, -0.25) is 9.59 Å². The first-order valence-electron chi connectivity index (χ1n) is 6.06. The molecular weight excluding hydrogens is 238 g/mol. The number of carbonyl (C=O) groups excluding carboxylic acids is 1. The van der Waals surface area contributed by atoms with Crippen LogP contribution in [0.15, 0.2) is 0 Å². The molecule has 0 aliphatic heterocycles. The standard InChI is InChI=1S/C12H21NO3S/c1-9-3-5-10(6-4-9)13(2)11(14)7-17-8-12(15)16/h9-10H,3-8H2,1-2H3,(H,15,16). The second-order valence-corrected chi connectivity index (χ2v) is 5.79. The number of carboxylic acids is 1. The highest BCUT2D eigenvalue weighted by molar-refractivity contribution is 8.00. The highest BCUT2D eigenvalue weighted by Crippen LogP contribution is 2.26. The van der Waals surface area contributed by atoms with E-state index in [1.807, 2.05) is 7.05 Å². The average molecular weight is 259 g/mol. The van der Waals surface area contributed by atoms with Gasteiger partial charge in [0, 0.05) is 13.1 Å².